The van der Waals surface area contributed by atoms with Crippen LogP contribution >= 0.6 is 12.2 Å². The van der Waals surface area contributed by atoms with Crippen molar-refractivity contribution in [3.05, 3.63) is 35.9 Å². The van der Waals surface area contributed by atoms with E-state index in [1.54, 1.807) is 0 Å². The van der Waals surface area contributed by atoms with Crippen LogP contribution in [0.5, 0.6) is 0 Å². The van der Waals surface area contributed by atoms with Gasteiger partial charge in [0.05, 0.1) is 6.54 Å². The van der Waals surface area contributed by atoms with Crippen molar-refractivity contribution >= 4 is 23.5 Å². The van der Waals surface area contributed by atoms with Gasteiger partial charge in [-0.25, -0.2) is 5.01 Å². The molecule has 0 radical (unpaired) electrons. The lowest BCUT2D eigenvalue weighted by atomic mass is 10.0. The topological polar surface area (TPSA) is 27.6 Å². The van der Waals surface area contributed by atoms with Crippen molar-refractivity contribution in [2.75, 3.05) is 13.6 Å². The third-order valence-electron chi connectivity index (χ3n) is 2.43. The van der Waals surface area contributed by atoms with E-state index in [4.69, 9.17) is 12.2 Å². The van der Waals surface area contributed by atoms with Gasteiger partial charge in [0.25, 0.3) is 0 Å². The van der Waals surface area contributed by atoms with Crippen molar-refractivity contribution in [1.29, 1.82) is 0 Å². The molecule has 1 atom stereocenters. The third kappa shape index (κ3) is 2.15. The monoisotopic (exact) mass is 219 g/mol. The quantitative estimate of drug-likeness (QED) is 0.727. The van der Waals surface area contributed by atoms with Crippen molar-refractivity contribution in [2.45, 2.75) is 5.92 Å². The highest BCUT2D eigenvalue weighted by atomic mass is 32.1. The number of rotatable bonds is 1. The second-order valence-corrected chi connectivity index (χ2v) is 3.81. The summed E-state index contributed by atoms with van der Waals surface area (Å²) in [5.41, 5.74) is 1.28. The summed E-state index contributed by atoms with van der Waals surface area (Å²) < 4.78 is 0. The van der Waals surface area contributed by atoms with Gasteiger partial charge in [-0.15, -0.1) is 0 Å². The lowest BCUT2D eigenvalue weighted by Gasteiger charge is -2.15. The molecule has 4 heteroatoms. The van der Waals surface area contributed by atoms with E-state index in [1.807, 2.05) is 36.5 Å². The molecular formula is C11H13N3S. The number of benzene rings is 1. The fraction of sp³-hybridized carbons (Fsp3) is 0.273. The molecule has 0 fully saturated rings. The van der Waals surface area contributed by atoms with Gasteiger partial charge in [0.15, 0.2) is 5.11 Å². The minimum Gasteiger partial charge on any atom is -0.364 e. The number of thiocarbonyl (C=S) groups is 1. The number of nitrogens with one attached hydrogen (secondary N) is 1. The van der Waals surface area contributed by atoms with Crippen LogP contribution < -0.4 is 5.32 Å². The van der Waals surface area contributed by atoms with Crippen molar-refractivity contribution in [1.82, 2.24) is 10.3 Å². The molecule has 0 aliphatic carbocycles. The van der Waals surface area contributed by atoms with E-state index >= 15 is 0 Å². The minimum atomic E-state index is 0.345. The Labute approximate surface area is 94.8 Å². The molecule has 15 heavy (non-hydrogen) atoms. The molecule has 0 aromatic heterocycles. The van der Waals surface area contributed by atoms with Crippen LogP contribution in [0.15, 0.2) is 35.4 Å². The average Bonchev–Trinajstić information content (AvgIpc) is 2.78. The molecule has 0 amide bonds. The third-order valence-corrected chi connectivity index (χ3v) is 2.85. The first-order valence-electron chi connectivity index (χ1n) is 4.89. The Bertz CT molecular complexity index is 375. The van der Waals surface area contributed by atoms with Crippen molar-refractivity contribution < 1.29 is 0 Å². The van der Waals surface area contributed by atoms with Crippen LogP contribution in [0, 0.1) is 0 Å². The second kappa shape index (κ2) is 4.40. The van der Waals surface area contributed by atoms with Crippen LogP contribution in [-0.2, 0) is 0 Å². The first-order chi connectivity index (χ1) is 7.31. The van der Waals surface area contributed by atoms with E-state index < -0.39 is 0 Å². The lowest BCUT2D eigenvalue weighted by molar-refractivity contribution is 0.470. The average molecular weight is 219 g/mol. The molecule has 1 aromatic carbocycles. The Balaban J connectivity index is 2.06. The molecule has 1 N–H and O–H groups in total. The summed E-state index contributed by atoms with van der Waals surface area (Å²) >= 11 is 5.12. The van der Waals surface area contributed by atoms with Gasteiger partial charge < -0.3 is 5.32 Å². The standard InChI is InChI=1S/C11H13N3S/c1-12-11(15)14-8-10(7-13-14)9-5-3-2-4-6-9/h2-7,10H,8H2,1H3,(H,12,15). The summed E-state index contributed by atoms with van der Waals surface area (Å²) in [6.07, 6.45) is 1.94. The minimum absolute atomic E-state index is 0.345. The fourth-order valence-corrected chi connectivity index (χ4v) is 1.72. The first-order valence-corrected chi connectivity index (χ1v) is 5.30. The molecule has 0 spiro atoms. The number of hydrogen-bond donors (Lipinski definition) is 1. The maximum atomic E-state index is 5.12. The van der Waals surface area contributed by atoms with Gasteiger partial charge in [-0.1, -0.05) is 30.3 Å². The summed E-state index contributed by atoms with van der Waals surface area (Å²) in [6, 6.07) is 10.3. The maximum absolute atomic E-state index is 5.12. The molecule has 0 saturated carbocycles. The Kier molecular flexibility index (Phi) is 2.97. The summed E-state index contributed by atoms with van der Waals surface area (Å²) in [6.45, 7) is 0.823. The van der Waals surface area contributed by atoms with E-state index in [0.29, 0.717) is 11.0 Å². The second-order valence-electron chi connectivity index (χ2n) is 3.42. The van der Waals surface area contributed by atoms with Gasteiger partial charge in [-0.3, -0.25) is 0 Å². The van der Waals surface area contributed by atoms with Crippen LogP contribution in [0.1, 0.15) is 11.5 Å². The van der Waals surface area contributed by atoms with Crippen LogP contribution in [-0.4, -0.2) is 29.9 Å². The molecule has 1 aromatic rings. The van der Waals surface area contributed by atoms with Crippen LogP contribution in [0.4, 0.5) is 0 Å². The van der Waals surface area contributed by atoms with Crippen LogP contribution in [0.3, 0.4) is 0 Å². The molecule has 0 bridgehead atoms. The largest absolute Gasteiger partial charge is 0.364 e. The van der Waals surface area contributed by atoms with Crippen LogP contribution in [0.2, 0.25) is 0 Å². The number of hydrogen-bond acceptors (Lipinski definition) is 2. The molecule has 2 rings (SSSR count). The predicted octanol–water partition coefficient (Wildman–Crippen LogP) is 1.58. The molecule has 1 aliphatic heterocycles. The summed E-state index contributed by atoms with van der Waals surface area (Å²) in [5.74, 6) is 0.345. The van der Waals surface area contributed by atoms with Crippen molar-refractivity contribution in [3.8, 4) is 0 Å². The Morgan fingerprint density at radius 1 is 1.47 bits per heavy atom. The smallest absolute Gasteiger partial charge is 0.189 e. The first kappa shape index (κ1) is 10.1. The van der Waals surface area contributed by atoms with Gasteiger partial charge >= 0.3 is 0 Å². The molecular weight excluding hydrogens is 206 g/mol. The fourth-order valence-electron chi connectivity index (χ4n) is 1.60. The predicted molar refractivity (Wildman–Crippen MR) is 66.0 cm³/mol. The highest BCUT2D eigenvalue weighted by Gasteiger charge is 2.20. The van der Waals surface area contributed by atoms with Crippen molar-refractivity contribution in [3.63, 3.8) is 0 Å². The summed E-state index contributed by atoms with van der Waals surface area (Å²) in [4.78, 5) is 0. The van der Waals surface area contributed by atoms with E-state index in [2.05, 4.69) is 22.6 Å². The highest BCUT2D eigenvalue weighted by Crippen LogP contribution is 2.19. The normalized spacial score (nSPS) is 19.3. The number of hydrazone groups is 1. The maximum Gasteiger partial charge on any atom is 0.189 e. The van der Waals surface area contributed by atoms with Crippen LogP contribution in [0.25, 0.3) is 0 Å². The Morgan fingerprint density at radius 2 is 2.20 bits per heavy atom. The van der Waals surface area contributed by atoms with Gasteiger partial charge in [0.2, 0.25) is 0 Å². The van der Waals surface area contributed by atoms with Gasteiger partial charge in [-0.05, 0) is 17.8 Å². The zero-order valence-electron chi connectivity index (χ0n) is 8.55. The number of nitrogens with zero attached hydrogens (tertiary/aromatic N) is 2. The van der Waals surface area contributed by atoms with Gasteiger partial charge in [0.1, 0.15) is 0 Å². The SMILES string of the molecule is CNC(=S)N1CC(c2ccccc2)C=N1. The molecule has 0 saturated heterocycles. The van der Waals surface area contributed by atoms with E-state index in [1.165, 1.54) is 5.56 Å². The molecule has 1 heterocycles. The molecule has 78 valence electrons. The molecule has 3 nitrogen and oxygen atoms in total. The van der Waals surface area contributed by atoms with Crippen molar-refractivity contribution in [2.24, 2.45) is 5.10 Å². The Morgan fingerprint density at radius 3 is 2.87 bits per heavy atom. The molecule has 1 aliphatic rings. The lowest BCUT2D eigenvalue weighted by Crippen LogP contribution is -2.33. The van der Waals surface area contributed by atoms with E-state index in [-0.39, 0.29) is 0 Å². The Hall–Kier alpha value is -1.42. The van der Waals surface area contributed by atoms with Gasteiger partial charge in [-0.2, -0.15) is 5.10 Å². The summed E-state index contributed by atoms with van der Waals surface area (Å²) in [5, 5.41) is 9.67. The highest BCUT2D eigenvalue weighted by molar-refractivity contribution is 7.80. The van der Waals surface area contributed by atoms with Gasteiger partial charge in [0, 0.05) is 19.2 Å². The van der Waals surface area contributed by atoms with E-state index in [9.17, 15) is 0 Å². The summed E-state index contributed by atoms with van der Waals surface area (Å²) in [7, 11) is 1.81. The zero-order valence-corrected chi connectivity index (χ0v) is 9.37. The zero-order chi connectivity index (χ0) is 10.7. The van der Waals surface area contributed by atoms with E-state index in [0.717, 1.165) is 6.54 Å². The molecule has 1 unspecified atom stereocenters.